The molecule has 2 aromatic rings. The predicted molar refractivity (Wildman–Crippen MR) is 72.5 cm³/mol. The molecule has 0 radical (unpaired) electrons. The number of rotatable bonds is 4. The number of thiophene rings is 1. The van der Waals surface area contributed by atoms with Gasteiger partial charge in [0.15, 0.2) is 0 Å². The first-order valence-electron chi connectivity index (χ1n) is 4.78. The van der Waals surface area contributed by atoms with Crippen molar-refractivity contribution in [2.45, 2.75) is 11.4 Å². The van der Waals surface area contributed by atoms with Crippen LogP contribution in [0.3, 0.4) is 0 Å². The lowest BCUT2D eigenvalue weighted by molar-refractivity contribution is 0.581. The fourth-order valence-electron chi connectivity index (χ4n) is 1.16. The highest BCUT2D eigenvalue weighted by molar-refractivity contribution is 9.10. The van der Waals surface area contributed by atoms with E-state index in [0.717, 1.165) is 9.35 Å². The summed E-state index contributed by atoms with van der Waals surface area (Å²) in [6.07, 6.45) is 2.35. The van der Waals surface area contributed by atoms with Crippen LogP contribution in [0.4, 0.5) is 5.95 Å². The van der Waals surface area contributed by atoms with E-state index in [0.29, 0.717) is 0 Å². The number of nitrogens with zero attached hydrogens (tertiary/aromatic N) is 2. The standard InChI is InChI=1S/C9H9BrN4O2S2/c10-7-1-2-17-8(7)5-14-18(15,16)6-3-12-9(11)13-4-6/h1-4,14H,5H2,(H2,11,12,13). The maximum Gasteiger partial charge on any atom is 0.243 e. The van der Waals surface area contributed by atoms with Crippen LogP contribution in [-0.4, -0.2) is 18.4 Å². The van der Waals surface area contributed by atoms with Crippen LogP contribution in [0.2, 0.25) is 0 Å². The molecule has 0 aromatic carbocycles. The molecule has 6 nitrogen and oxygen atoms in total. The molecule has 0 saturated carbocycles. The number of nitrogens with two attached hydrogens (primary N) is 1. The molecule has 0 unspecified atom stereocenters. The molecule has 0 aliphatic rings. The summed E-state index contributed by atoms with van der Waals surface area (Å²) in [7, 11) is -3.61. The van der Waals surface area contributed by atoms with E-state index in [4.69, 9.17) is 5.73 Å². The van der Waals surface area contributed by atoms with Crippen LogP contribution in [0.1, 0.15) is 4.88 Å². The molecule has 0 fully saturated rings. The Bertz CT molecular complexity index is 639. The largest absolute Gasteiger partial charge is 0.368 e. The molecule has 2 heterocycles. The Morgan fingerprint density at radius 2 is 2.06 bits per heavy atom. The van der Waals surface area contributed by atoms with Crippen LogP contribution >= 0.6 is 27.3 Å². The number of nitrogens with one attached hydrogen (secondary N) is 1. The molecule has 0 spiro atoms. The van der Waals surface area contributed by atoms with Crippen LogP contribution in [0.25, 0.3) is 0 Å². The Kier molecular flexibility index (Phi) is 3.95. The maximum atomic E-state index is 11.9. The van der Waals surface area contributed by atoms with Crippen LogP contribution in [0, 0.1) is 0 Å². The van der Waals surface area contributed by atoms with Gasteiger partial charge >= 0.3 is 0 Å². The Labute approximate surface area is 116 Å². The van der Waals surface area contributed by atoms with Crippen molar-refractivity contribution in [3.8, 4) is 0 Å². The van der Waals surface area contributed by atoms with Crippen molar-refractivity contribution in [2.75, 3.05) is 5.73 Å². The zero-order valence-corrected chi connectivity index (χ0v) is 12.2. The van der Waals surface area contributed by atoms with E-state index in [1.165, 1.54) is 23.7 Å². The summed E-state index contributed by atoms with van der Waals surface area (Å²) in [6, 6.07) is 1.86. The molecule has 96 valence electrons. The Balaban J connectivity index is 2.13. The second-order valence-electron chi connectivity index (χ2n) is 3.29. The lowest BCUT2D eigenvalue weighted by Crippen LogP contribution is -2.23. The van der Waals surface area contributed by atoms with E-state index >= 15 is 0 Å². The van der Waals surface area contributed by atoms with Gasteiger partial charge in [0.25, 0.3) is 0 Å². The third-order valence-electron chi connectivity index (χ3n) is 2.07. The smallest absolute Gasteiger partial charge is 0.243 e. The highest BCUT2D eigenvalue weighted by atomic mass is 79.9. The Morgan fingerprint density at radius 3 is 2.61 bits per heavy atom. The average molecular weight is 349 g/mol. The van der Waals surface area contributed by atoms with Gasteiger partial charge < -0.3 is 5.73 Å². The molecule has 0 amide bonds. The van der Waals surface area contributed by atoms with E-state index in [-0.39, 0.29) is 17.4 Å². The molecule has 18 heavy (non-hydrogen) atoms. The summed E-state index contributed by atoms with van der Waals surface area (Å²) >= 11 is 4.80. The van der Waals surface area contributed by atoms with Crippen molar-refractivity contribution < 1.29 is 8.42 Å². The van der Waals surface area contributed by atoms with Crippen molar-refractivity contribution in [1.82, 2.24) is 14.7 Å². The van der Waals surface area contributed by atoms with Crippen molar-refractivity contribution in [3.05, 3.63) is 33.2 Å². The number of hydrogen-bond acceptors (Lipinski definition) is 6. The third-order valence-corrected chi connectivity index (χ3v) is 5.35. The number of hydrogen-bond donors (Lipinski definition) is 2. The lowest BCUT2D eigenvalue weighted by atomic mass is 10.5. The van der Waals surface area contributed by atoms with E-state index in [1.54, 1.807) is 0 Å². The fourth-order valence-corrected chi connectivity index (χ4v) is 3.57. The van der Waals surface area contributed by atoms with E-state index in [9.17, 15) is 8.42 Å². The molecule has 0 bridgehead atoms. The number of nitrogen functional groups attached to an aromatic ring is 1. The lowest BCUT2D eigenvalue weighted by Gasteiger charge is -2.05. The first-order chi connectivity index (χ1) is 8.49. The SMILES string of the molecule is Nc1ncc(S(=O)(=O)NCc2sccc2Br)cn1. The van der Waals surface area contributed by atoms with Crippen molar-refractivity contribution >= 4 is 43.2 Å². The van der Waals surface area contributed by atoms with Gasteiger partial charge in [-0.05, 0) is 27.4 Å². The van der Waals surface area contributed by atoms with Crippen molar-refractivity contribution in [2.24, 2.45) is 0 Å². The normalized spacial score (nSPS) is 11.6. The van der Waals surface area contributed by atoms with Gasteiger partial charge in [0.2, 0.25) is 16.0 Å². The van der Waals surface area contributed by atoms with Gasteiger partial charge in [0.05, 0.1) is 12.4 Å². The zero-order chi connectivity index (χ0) is 13.2. The minimum atomic E-state index is -3.61. The zero-order valence-electron chi connectivity index (χ0n) is 9.00. The van der Waals surface area contributed by atoms with Gasteiger partial charge in [-0.25, -0.2) is 23.1 Å². The fraction of sp³-hybridized carbons (Fsp3) is 0.111. The molecule has 3 N–H and O–H groups in total. The molecule has 9 heteroatoms. The summed E-state index contributed by atoms with van der Waals surface area (Å²) in [5.74, 6) is 0.0370. The Hall–Kier alpha value is -1.03. The second kappa shape index (κ2) is 5.31. The molecular formula is C9H9BrN4O2S2. The molecule has 2 aromatic heterocycles. The van der Waals surface area contributed by atoms with Gasteiger partial charge in [0, 0.05) is 15.9 Å². The van der Waals surface area contributed by atoms with Crippen LogP contribution in [-0.2, 0) is 16.6 Å². The van der Waals surface area contributed by atoms with Crippen LogP contribution in [0.15, 0.2) is 33.2 Å². The van der Waals surface area contributed by atoms with Crippen molar-refractivity contribution in [1.29, 1.82) is 0 Å². The van der Waals surface area contributed by atoms with Gasteiger partial charge in [-0.15, -0.1) is 11.3 Å². The third kappa shape index (κ3) is 3.05. The highest BCUT2D eigenvalue weighted by Crippen LogP contribution is 2.22. The molecule has 0 atom stereocenters. The number of halogens is 1. The first kappa shape index (κ1) is 13.4. The minimum absolute atomic E-state index is 0.00983. The second-order valence-corrected chi connectivity index (χ2v) is 6.92. The molecule has 0 aliphatic carbocycles. The van der Waals surface area contributed by atoms with Crippen LogP contribution < -0.4 is 10.5 Å². The van der Waals surface area contributed by atoms with E-state index in [2.05, 4.69) is 30.6 Å². The van der Waals surface area contributed by atoms with Gasteiger partial charge in [-0.1, -0.05) is 0 Å². The van der Waals surface area contributed by atoms with E-state index < -0.39 is 10.0 Å². The summed E-state index contributed by atoms with van der Waals surface area (Å²) < 4.78 is 27.2. The van der Waals surface area contributed by atoms with Crippen molar-refractivity contribution in [3.63, 3.8) is 0 Å². The Morgan fingerprint density at radius 1 is 1.39 bits per heavy atom. The maximum absolute atomic E-state index is 11.9. The summed E-state index contributed by atoms with van der Waals surface area (Å²) in [5.41, 5.74) is 5.30. The first-order valence-corrected chi connectivity index (χ1v) is 7.93. The van der Waals surface area contributed by atoms with Gasteiger partial charge in [-0.2, -0.15) is 0 Å². The summed E-state index contributed by atoms with van der Waals surface area (Å²) in [5, 5.41) is 1.88. The summed E-state index contributed by atoms with van der Waals surface area (Å²) in [4.78, 5) is 8.19. The highest BCUT2D eigenvalue weighted by Gasteiger charge is 2.15. The number of anilines is 1. The monoisotopic (exact) mass is 348 g/mol. The molecule has 2 rings (SSSR count). The minimum Gasteiger partial charge on any atom is -0.368 e. The molecule has 0 aliphatic heterocycles. The average Bonchev–Trinajstić information content (AvgIpc) is 2.73. The number of aromatic nitrogens is 2. The molecule has 0 saturated heterocycles. The van der Waals surface area contributed by atoms with E-state index in [1.807, 2.05) is 11.4 Å². The molecular weight excluding hydrogens is 340 g/mol. The quantitative estimate of drug-likeness (QED) is 0.869. The topological polar surface area (TPSA) is 98.0 Å². The summed E-state index contributed by atoms with van der Waals surface area (Å²) in [6.45, 7) is 0.213. The number of sulfonamides is 1. The van der Waals surface area contributed by atoms with Gasteiger partial charge in [-0.3, -0.25) is 0 Å². The predicted octanol–water partition coefficient (Wildman–Crippen LogP) is 1.36. The van der Waals surface area contributed by atoms with Gasteiger partial charge in [0.1, 0.15) is 4.90 Å². The van der Waals surface area contributed by atoms with Crippen LogP contribution in [0.5, 0.6) is 0 Å².